The van der Waals surface area contributed by atoms with Gasteiger partial charge in [0.25, 0.3) is 11.8 Å². The minimum atomic E-state index is -0.729. The fraction of sp³-hybridized carbons (Fsp3) is 0.0476. The summed E-state index contributed by atoms with van der Waals surface area (Å²) in [6.45, 7) is 0.225. The standard InChI is InChI=1S/C21H13FN4O2S/c22-17-10-13(11-23)6-8-16(17)20(27)24-12-15-7-9-18(29-15)21-25-19(26-28-21)14-4-2-1-3-5-14/h1-10H,12H2,(H,24,27). The van der Waals surface area contributed by atoms with Crippen molar-refractivity contribution in [1.82, 2.24) is 15.5 Å². The maximum Gasteiger partial charge on any atom is 0.268 e. The molecular weight excluding hydrogens is 391 g/mol. The Hall–Kier alpha value is -3.83. The molecule has 0 atom stereocenters. The van der Waals surface area contributed by atoms with E-state index in [0.29, 0.717) is 11.7 Å². The quantitative estimate of drug-likeness (QED) is 0.532. The smallest absolute Gasteiger partial charge is 0.268 e. The fourth-order valence-electron chi connectivity index (χ4n) is 2.65. The van der Waals surface area contributed by atoms with Crippen LogP contribution in [0, 0.1) is 17.1 Å². The Balaban J connectivity index is 1.43. The Morgan fingerprint density at radius 3 is 2.76 bits per heavy atom. The SMILES string of the molecule is N#Cc1ccc(C(=O)NCc2ccc(-c3nc(-c4ccccc4)no3)s2)c(F)c1. The van der Waals surface area contributed by atoms with Gasteiger partial charge in [0.05, 0.1) is 28.6 Å². The molecule has 0 fully saturated rings. The van der Waals surface area contributed by atoms with Crippen LogP contribution in [0.25, 0.3) is 22.2 Å². The molecule has 1 N–H and O–H groups in total. The number of nitrogens with zero attached hydrogens (tertiary/aromatic N) is 3. The summed E-state index contributed by atoms with van der Waals surface area (Å²) in [5, 5.41) is 15.4. The first-order valence-corrected chi connectivity index (χ1v) is 9.42. The van der Waals surface area contributed by atoms with E-state index in [0.717, 1.165) is 21.4 Å². The van der Waals surface area contributed by atoms with Gasteiger partial charge in [-0.25, -0.2) is 4.39 Å². The van der Waals surface area contributed by atoms with Crippen LogP contribution < -0.4 is 5.32 Å². The van der Waals surface area contributed by atoms with Gasteiger partial charge in [0, 0.05) is 10.4 Å². The minimum absolute atomic E-state index is 0.106. The summed E-state index contributed by atoms with van der Waals surface area (Å²) in [7, 11) is 0. The molecule has 2 heterocycles. The Morgan fingerprint density at radius 1 is 1.17 bits per heavy atom. The maximum atomic E-state index is 13.9. The zero-order chi connectivity index (χ0) is 20.2. The Kier molecular flexibility index (Phi) is 5.14. The highest BCUT2D eigenvalue weighted by Crippen LogP contribution is 2.28. The second-order valence-corrected chi connectivity index (χ2v) is 7.21. The largest absolute Gasteiger partial charge is 0.347 e. The predicted molar refractivity (Wildman–Crippen MR) is 105 cm³/mol. The Morgan fingerprint density at radius 2 is 2.00 bits per heavy atom. The highest BCUT2D eigenvalue weighted by atomic mass is 32.1. The molecule has 0 unspecified atom stereocenters. The Labute approximate surface area is 169 Å². The number of thiophene rings is 1. The second-order valence-electron chi connectivity index (χ2n) is 6.04. The van der Waals surface area contributed by atoms with Crippen LogP contribution in [0.3, 0.4) is 0 Å². The predicted octanol–water partition coefficient (Wildman–Crippen LogP) is 4.41. The van der Waals surface area contributed by atoms with Gasteiger partial charge in [-0.15, -0.1) is 11.3 Å². The number of nitriles is 1. The summed E-state index contributed by atoms with van der Waals surface area (Å²) in [5.41, 5.74) is 0.914. The Bertz CT molecular complexity index is 1210. The van der Waals surface area contributed by atoms with Gasteiger partial charge in [-0.1, -0.05) is 35.5 Å². The average molecular weight is 404 g/mol. The third-order valence-electron chi connectivity index (χ3n) is 4.10. The van der Waals surface area contributed by atoms with Crippen molar-refractivity contribution >= 4 is 17.2 Å². The van der Waals surface area contributed by atoms with Crippen molar-refractivity contribution in [2.75, 3.05) is 0 Å². The number of hydrogen-bond acceptors (Lipinski definition) is 6. The molecule has 1 amide bonds. The van der Waals surface area contributed by atoms with Crippen molar-refractivity contribution in [1.29, 1.82) is 5.26 Å². The number of amides is 1. The van der Waals surface area contributed by atoms with Crippen LogP contribution >= 0.6 is 11.3 Å². The van der Waals surface area contributed by atoms with Crippen molar-refractivity contribution in [3.8, 4) is 28.2 Å². The van der Waals surface area contributed by atoms with Gasteiger partial charge < -0.3 is 9.84 Å². The monoisotopic (exact) mass is 404 g/mol. The van der Waals surface area contributed by atoms with Crippen LogP contribution in [-0.2, 0) is 6.54 Å². The maximum absolute atomic E-state index is 13.9. The first kappa shape index (κ1) is 18.5. The molecule has 2 aromatic carbocycles. The van der Waals surface area contributed by atoms with E-state index in [1.54, 1.807) is 0 Å². The lowest BCUT2D eigenvalue weighted by Crippen LogP contribution is -2.23. The summed E-state index contributed by atoms with van der Waals surface area (Å²) < 4.78 is 19.3. The number of carbonyl (C=O) groups is 1. The third kappa shape index (κ3) is 4.05. The van der Waals surface area contributed by atoms with E-state index in [9.17, 15) is 9.18 Å². The van der Waals surface area contributed by atoms with E-state index in [4.69, 9.17) is 9.78 Å². The van der Waals surface area contributed by atoms with E-state index < -0.39 is 11.7 Å². The van der Waals surface area contributed by atoms with Crippen molar-refractivity contribution < 1.29 is 13.7 Å². The van der Waals surface area contributed by atoms with Gasteiger partial charge in [0.2, 0.25) is 5.82 Å². The molecular formula is C21H13FN4O2S. The highest BCUT2D eigenvalue weighted by molar-refractivity contribution is 7.15. The van der Waals surface area contributed by atoms with Gasteiger partial charge in [0.15, 0.2) is 0 Å². The van der Waals surface area contributed by atoms with E-state index in [-0.39, 0.29) is 17.7 Å². The molecule has 0 aliphatic heterocycles. The van der Waals surface area contributed by atoms with Crippen molar-refractivity contribution in [2.24, 2.45) is 0 Å². The summed E-state index contributed by atoms with van der Waals surface area (Å²) in [6.07, 6.45) is 0. The van der Waals surface area contributed by atoms with Gasteiger partial charge in [-0.05, 0) is 30.3 Å². The van der Waals surface area contributed by atoms with E-state index >= 15 is 0 Å². The first-order valence-electron chi connectivity index (χ1n) is 8.60. The molecule has 6 nitrogen and oxygen atoms in total. The van der Waals surface area contributed by atoms with Crippen molar-refractivity contribution in [2.45, 2.75) is 6.54 Å². The lowest BCUT2D eigenvalue weighted by Gasteiger charge is -2.05. The van der Waals surface area contributed by atoms with Crippen LogP contribution in [0.1, 0.15) is 20.8 Å². The molecule has 2 aromatic heterocycles. The van der Waals surface area contributed by atoms with Crippen molar-refractivity contribution in [3.05, 3.63) is 82.5 Å². The summed E-state index contributed by atoms with van der Waals surface area (Å²) in [4.78, 5) is 18.2. The molecule has 142 valence electrons. The highest BCUT2D eigenvalue weighted by Gasteiger charge is 2.15. The molecule has 8 heteroatoms. The zero-order valence-corrected chi connectivity index (χ0v) is 15.7. The molecule has 0 aliphatic rings. The lowest BCUT2D eigenvalue weighted by atomic mass is 10.1. The van der Waals surface area contributed by atoms with Crippen LogP contribution in [0.15, 0.2) is 65.2 Å². The molecule has 0 saturated carbocycles. The number of nitrogens with one attached hydrogen (secondary N) is 1. The number of halogens is 1. The minimum Gasteiger partial charge on any atom is -0.347 e. The molecule has 29 heavy (non-hydrogen) atoms. The zero-order valence-electron chi connectivity index (χ0n) is 14.9. The first-order chi connectivity index (χ1) is 14.1. The second kappa shape index (κ2) is 8.04. The number of rotatable bonds is 5. The summed E-state index contributed by atoms with van der Waals surface area (Å²) in [6, 6.07) is 18.7. The summed E-state index contributed by atoms with van der Waals surface area (Å²) in [5.74, 6) is -0.386. The van der Waals surface area contributed by atoms with Crippen LogP contribution in [0.2, 0.25) is 0 Å². The van der Waals surface area contributed by atoms with Gasteiger partial charge in [-0.2, -0.15) is 10.2 Å². The van der Waals surface area contributed by atoms with E-state index in [2.05, 4.69) is 15.5 Å². The average Bonchev–Trinajstić information content (AvgIpc) is 3.42. The van der Waals surface area contributed by atoms with Crippen molar-refractivity contribution in [3.63, 3.8) is 0 Å². The number of hydrogen-bond donors (Lipinski definition) is 1. The molecule has 4 aromatic rings. The molecule has 4 rings (SSSR count). The molecule has 0 saturated heterocycles. The van der Waals surface area contributed by atoms with E-state index in [1.807, 2.05) is 48.5 Å². The van der Waals surface area contributed by atoms with Crippen LogP contribution in [0.5, 0.6) is 0 Å². The van der Waals surface area contributed by atoms with Crippen LogP contribution in [0.4, 0.5) is 4.39 Å². The molecule has 0 bridgehead atoms. The molecule has 0 spiro atoms. The topological polar surface area (TPSA) is 91.8 Å². The summed E-state index contributed by atoms with van der Waals surface area (Å²) >= 11 is 1.39. The van der Waals surface area contributed by atoms with Gasteiger partial charge in [0.1, 0.15) is 5.82 Å². The lowest BCUT2D eigenvalue weighted by molar-refractivity contribution is 0.0947. The normalized spacial score (nSPS) is 10.5. The van der Waals surface area contributed by atoms with Crippen LogP contribution in [-0.4, -0.2) is 16.0 Å². The van der Waals surface area contributed by atoms with Gasteiger partial charge in [-0.3, -0.25) is 4.79 Å². The third-order valence-corrected chi connectivity index (χ3v) is 5.17. The van der Waals surface area contributed by atoms with E-state index in [1.165, 1.54) is 23.5 Å². The number of aromatic nitrogens is 2. The fourth-order valence-corrected chi connectivity index (χ4v) is 3.52. The molecule has 0 radical (unpaired) electrons. The molecule has 0 aliphatic carbocycles. The van der Waals surface area contributed by atoms with Gasteiger partial charge >= 0.3 is 0 Å². The number of carbonyl (C=O) groups excluding carboxylic acids is 1. The number of benzene rings is 2.